The topological polar surface area (TPSA) is 38.5 Å². The van der Waals surface area contributed by atoms with Crippen molar-refractivity contribution in [2.75, 3.05) is 26.7 Å². The average Bonchev–Trinajstić information content (AvgIpc) is 2.45. The Hall–Kier alpha value is -0.970. The van der Waals surface area contributed by atoms with Gasteiger partial charge >= 0.3 is 0 Å². The second kappa shape index (κ2) is 6.66. The Morgan fingerprint density at radius 2 is 2.25 bits per heavy atom. The van der Waals surface area contributed by atoms with Crippen LogP contribution in [-0.4, -0.2) is 37.7 Å². The van der Waals surface area contributed by atoms with Crippen molar-refractivity contribution in [1.82, 2.24) is 4.90 Å². The minimum Gasteiger partial charge on any atom is -0.380 e. The summed E-state index contributed by atoms with van der Waals surface area (Å²) in [5.74, 6) is 0.402. The molecule has 0 amide bonds. The smallest absolute Gasteiger partial charge is 0.126 e. The van der Waals surface area contributed by atoms with Crippen LogP contribution >= 0.6 is 0 Å². The lowest BCUT2D eigenvalue weighted by molar-refractivity contribution is -0.0183. The highest BCUT2D eigenvalue weighted by Gasteiger charge is 2.30. The number of benzene rings is 1. The van der Waals surface area contributed by atoms with E-state index in [9.17, 15) is 4.39 Å². The molecule has 1 aliphatic rings. The minimum atomic E-state index is -0.158. The molecule has 20 heavy (non-hydrogen) atoms. The third-order valence-corrected chi connectivity index (χ3v) is 4.47. The molecule has 1 aromatic carbocycles. The number of nitrogens with two attached hydrogens (primary N) is 1. The van der Waals surface area contributed by atoms with Gasteiger partial charge in [0.05, 0.1) is 6.10 Å². The number of rotatable bonds is 4. The molecule has 0 aromatic heterocycles. The van der Waals surface area contributed by atoms with Crippen molar-refractivity contribution in [3.63, 3.8) is 0 Å². The highest BCUT2D eigenvalue weighted by Crippen LogP contribution is 2.28. The molecule has 2 N–H and O–H groups in total. The van der Waals surface area contributed by atoms with E-state index in [0.717, 1.165) is 25.1 Å². The first-order valence-corrected chi connectivity index (χ1v) is 7.29. The molecular formula is C16H25FN2O. The molecule has 3 unspecified atom stereocenters. The molecule has 4 heteroatoms. The fourth-order valence-electron chi connectivity index (χ4n) is 2.96. The van der Waals surface area contributed by atoms with Crippen LogP contribution in [0.3, 0.4) is 0 Å². The van der Waals surface area contributed by atoms with E-state index in [1.165, 1.54) is 0 Å². The van der Waals surface area contributed by atoms with Gasteiger partial charge in [-0.05, 0) is 43.0 Å². The number of methoxy groups -OCH3 is 1. The van der Waals surface area contributed by atoms with Gasteiger partial charge in [-0.15, -0.1) is 0 Å². The largest absolute Gasteiger partial charge is 0.380 e. The molecule has 0 radical (unpaired) electrons. The Bertz CT molecular complexity index is 452. The molecule has 0 spiro atoms. The second-order valence-corrected chi connectivity index (χ2v) is 5.80. The van der Waals surface area contributed by atoms with Crippen molar-refractivity contribution in [3.8, 4) is 0 Å². The number of hydrogen-bond acceptors (Lipinski definition) is 3. The zero-order chi connectivity index (χ0) is 14.7. The fourth-order valence-corrected chi connectivity index (χ4v) is 2.96. The summed E-state index contributed by atoms with van der Waals surface area (Å²) in [6.45, 7) is 6.33. The minimum absolute atomic E-state index is 0.0650. The van der Waals surface area contributed by atoms with Crippen LogP contribution in [-0.2, 0) is 4.74 Å². The molecule has 2 rings (SSSR count). The first kappa shape index (κ1) is 15.4. The number of aryl methyl sites for hydroxylation is 1. The van der Waals surface area contributed by atoms with Gasteiger partial charge in [-0.25, -0.2) is 4.39 Å². The van der Waals surface area contributed by atoms with Crippen molar-refractivity contribution in [2.45, 2.75) is 32.4 Å². The van der Waals surface area contributed by atoms with Crippen molar-refractivity contribution < 1.29 is 9.13 Å². The summed E-state index contributed by atoms with van der Waals surface area (Å²) >= 11 is 0. The summed E-state index contributed by atoms with van der Waals surface area (Å²) in [5.41, 5.74) is 7.57. The van der Waals surface area contributed by atoms with Crippen LogP contribution in [0, 0.1) is 18.7 Å². The van der Waals surface area contributed by atoms with Gasteiger partial charge in [0.25, 0.3) is 0 Å². The lowest BCUT2D eigenvalue weighted by Gasteiger charge is -2.40. The Kier molecular flexibility index (Phi) is 5.13. The molecule has 3 atom stereocenters. The maximum atomic E-state index is 13.8. The monoisotopic (exact) mass is 280 g/mol. The van der Waals surface area contributed by atoms with Gasteiger partial charge in [-0.2, -0.15) is 0 Å². The molecular weight excluding hydrogens is 255 g/mol. The number of hydrogen-bond donors (Lipinski definition) is 1. The number of nitrogens with zero attached hydrogens (tertiary/aromatic N) is 1. The van der Waals surface area contributed by atoms with E-state index in [0.29, 0.717) is 18.0 Å². The molecule has 0 saturated carbocycles. The van der Waals surface area contributed by atoms with Crippen LogP contribution in [0.25, 0.3) is 0 Å². The van der Waals surface area contributed by atoms with Crippen molar-refractivity contribution in [3.05, 3.63) is 35.1 Å². The summed E-state index contributed by atoms with van der Waals surface area (Å²) in [5, 5.41) is 0. The summed E-state index contributed by atoms with van der Waals surface area (Å²) in [6, 6.07) is 5.49. The molecule has 1 aromatic rings. The molecule has 3 nitrogen and oxygen atoms in total. The fraction of sp³-hybridized carbons (Fsp3) is 0.625. The van der Waals surface area contributed by atoms with Gasteiger partial charge in [0.15, 0.2) is 0 Å². The lowest BCUT2D eigenvalue weighted by atomic mass is 9.93. The molecule has 1 heterocycles. The van der Waals surface area contributed by atoms with Gasteiger partial charge in [0.1, 0.15) is 5.82 Å². The van der Waals surface area contributed by atoms with Gasteiger partial charge in [0, 0.05) is 26.2 Å². The summed E-state index contributed by atoms with van der Waals surface area (Å²) in [6.07, 6.45) is 1.32. The number of piperidine rings is 1. The van der Waals surface area contributed by atoms with Crippen LogP contribution in [0.5, 0.6) is 0 Å². The van der Waals surface area contributed by atoms with E-state index in [1.807, 2.05) is 12.1 Å². The van der Waals surface area contributed by atoms with Gasteiger partial charge < -0.3 is 10.5 Å². The lowest BCUT2D eigenvalue weighted by Crippen LogP contribution is -2.47. The van der Waals surface area contributed by atoms with Crippen LogP contribution in [0.15, 0.2) is 18.2 Å². The van der Waals surface area contributed by atoms with E-state index in [2.05, 4.69) is 11.8 Å². The zero-order valence-corrected chi connectivity index (χ0v) is 12.6. The van der Waals surface area contributed by atoms with Crippen LogP contribution in [0.4, 0.5) is 4.39 Å². The van der Waals surface area contributed by atoms with Crippen molar-refractivity contribution in [2.24, 2.45) is 11.7 Å². The van der Waals surface area contributed by atoms with Gasteiger partial charge in [0.2, 0.25) is 0 Å². The van der Waals surface area contributed by atoms with E-state index >= 15 is 0 Å². The molecule has 0 aliphatic carbocycles. The Labute approximate surface area is 120 Å². The average molecular weight is 280 g/mol. The Balaban J connectivity index is 2.17. The molecule has 1 fully saturated rings. The zero-order valence-electron chi connectivity index (χ0n) is 12.6. The molecule has 112 valence electrons. The first-order valence-electron chi connectivity index (χ1n) is 7.29. The van der Waals surface area contributed by atoms with Crippen molar-refractivity contribution in [1.29, 1.82) is 0 Å². The van der Waals surface area contributed by atoms with E-state index in [-0.39, 0.29) is 18.0 Å². The third kappa shape index (κ3) is 3.19. The van der Waals surface area contributed by atoms with Gasteiger partial charge in [-0.1, -0.05) is 19.1 Å². The first-order chi connectivity index (χ1) is 9.56. The van der Waals surface area contributed by atoms with Crippen LogP contribution < -0.4 is 5.73 Å². The highest BCUT2D eigenvalue weighted by atomic mass is 19.1. The number of ether oxygens (including phenoxy) is 1. The predicted molar refractivity (Wildman–Crippen MR) is 79.1 cm³/mol. The SMILES string of the molecule is COC1CN(C(CN)c2ccc(C)c(F)c2)CCC1C. The standard InChI is InChI=1S/C16H25FN2O/c1-11-4-5-13(8-14(11)17)15(9-18)19-7-6-12(2)16(10-19)20-3/h4-5,8,12,15-16H,6-7,9-10,18H2,1-3H3. The maximum absolute atomic E-state index is 13.8. The molecule has 0 bridgehead atoms. The van der Waals surface area contributed by atoms with Gasteiger partial charge in [-0.3, -0.25) is 4.90 Å². The predicted octanol–water partition coefficient (Wildman–Crippen LogP) is 2.49. The summed E-state index contributed by atoms with van der Waals surface area (Å²) in [4.78, 5) is 2.32. The van der Waals surface area contributed by atoms with E-state index in [4.69, 9.17) is 10.5 Å². The third-order valence-electron chi connectivity index (χ3n) is 4.47. The Morgan fingerprint density at radius 3 is 2.85 bits per heavy atom. The quantitative estimate of drug-likeness (QED) is 0.921. The normalized spacial score (nSPS) is 25.6. The van der Waals surface area contributed by atoms with Crippen molar-refractivity contribution >= 4 is 0 Å². The van der Waals surface area contributed by atoms with E-state index in [1.54, 1.807) is 20.1 Å². The second-order valence-electron chi connectivity index (χ2n) is 5.80. The number of likely N-dealkylation sites (tertiary alicyclic amines) is 1. The Morgan fingerprint density at radius 1 is 1.50 bits per heavy atom. The summed E-state index contributed by atoms with van der Waals surface area (Å²) < 4.78 is 19.3. The molecule has 1 saturated heterocycles. The van der Waals surface area contributed by atoms with Crippen LogP contribution in [0.1, 0.15) is 30.5 Å². The van der Waals surface area contributed by atoms with Crippen LogP contribution in [0.2, 0.25) is 0 Å². The highest BCUT2D eigenvalue weighted by molar-refractivity contribution is 5.26. The molecule has 1 aliphatic heterocycles. The number of halogens is 1. The van der Waals surface area contributed by atoms with E-state index < -0.39 is 0 Å². The summed E-state index contributed by atoms with van der Waals surface area (Å²) in [7, 11) is 1.76. The maximum Gasteiger partial charge on any atom is 0.126 e.